The third kappa shape index (κ3) is 2.66. The molecular formula is C19H16N2O2. The van der Waals surface area contributed by atoms with Crippen LogP contribution in [0.2, 0.25) is 0 Å². The molecule has 2 amide bonds. The van der Waals surface area contributed by atoms with Crippen LogP contribution in [0, 0.1) is 0 Å². The van der Waals surface area contributed by atoms with Gasteiger partial charge in [0.15, 0.2) is 0 Å². The first-order valence-electron chi connectivity index (χ1n) is 7.25. The van der Waals surface area contributed by atoms with Crippen molar-refractivity contribution in [2.45, 2.75) is 5.92 Å². The van der Waals surface area contributed by atoms with E-state index in [1.165, 1.54) is 6.08 Å². The van der Waals surface area contributed by atoms with Crippen LogP contribution >= 0.6 is 0 Å². The van der Waals surface area contributed by atoms with E-state index in [-0.39, 0.29) is 17.4 Å². The van der Waals surface area contributed by atoms with Gasteiger partial charge in [-0.15, -0.1) is 0 Å². The van der Waals surface area contributed by atoms with Crippen LogP contribution in [-0.4, -0.2) is 11.8 Å². The second-order valence-electron chi connectivity index (χ2n) is 5.29. The number of rotatable bonds is 4. The van der Waals surface area contributed by atoms with E-state index < -0.39 is 5.91 Å². The number of allylic oxidation sites excluding steroid dienone is 1. The Morgan fingerprint density at radius 3 is 2.57 bits per heavy atom. The van der Waals surface area contributed by atoms with E-state index in [1.54, 1.807) is 12.1 Å². The second kappa shape index (κ2) is 5.93. The first kappa shape index (κ1) is 14.8. The number of hydrogen-bond acceptors (Lipinski definition) is 2. The number of nitrogens with one attached hydrogen (secondary N) is 1. The molecule has 2 aromatic carbocycles. The van der Waals surface area contributed by atoms with Crippen LogP contribution in [0.3, 0.4) is 0 Å². The Morgan fingerprint density at radius 1 is 1.09 bits per heavy atom. The molecule has 2 aromatic rings. The highest BCUT2D eigenvalue weighted by Gasteiger charge is 2.24. The summed E-state index contributed by atoms with van der Waals surface area (Å²) in [5, 5.41) is 2.73. The largest absolute Gasteiger partial charge is 0.366 e. The topological polar surface area (TPSA) is 72.2 Å². The summed E-state index contributed by atoms with van der Waals surface area (Å²) >= 11 is 0. The number of primary amides is 1. The van der Waals surface area contributed by atoms with Crippen molar-refractivity contribution in [2.24, 2.45) is 5.73 Å². The van der Waals surface area contributed by atoms with Crippen LogP contribution < -0.4 is 11.1 Å². The predicted octanol–water partition coefficient (Wildman–Crippen LogP) is 3.07. The van der Waals surface area contributed by atoms with Crippen molar-refractivity contribution in [1.82, 2.24) is 0 Å². The fourth-order valence-electron chi connectivity index (χ4n) is 2.87. The Morgan fingerprint density at radius 2 is 1.83 bits per heavy atom. The summed E-state index contributed by atoms with van der Waals surface area (Å²) in [5.41, 5.74) is 9.28. The number of benzene rings is 2. The van der Waals surface area contributed by atoms with Crippen LogP contribution in [0.15, 0.2) is 61.2 Å². The van der Waals surface area contributed by atoms with Gasteiger partial charge in [0.1, 0.15) is 0 Å². The molecule has 1 atom stereocenters. The number of para-hydroxylation sites is 1. The maximum atomic E-state index is 11.8. The van der Waals surface area contributed by atoms with Crippen molar-refractivity contribution in [1.29, 1.82) is 0 Å². The van der Waals surface area contributed by atoms with Gasteiger partial charge in [0.2, 0.25) is 5.91 Å². The lowest BCUT2D eigenvalue weighted by Crippen LogP contribution is -2.19. The Kier molecular flexibility index (Phi) is 3.81. The van der Waals surface area contributed by atoms with E-state index in [9.17, 15) is 9.59 Å². The van der Waals surface area contributed by atoms with Gasteiger partial charge in [-0.05, 0) is 28.8 Å². The predicted molar refractivity (Wildman–Crippen MR) is 91.1 cm³/mol. The molecule has 0 saturated heterocycles. The minimum Gasteiger partial charge on any atom is -0.366 e. The fourth-order valence-corrected chi connectivity index (χ4v) is 2.87. The molecule has 0 heterocycles. The molecule has 0 aromatic heterocycles. The van der Waals surface area contributed by atoms with E-state index in [0.29, 0.717) is 5.69 Å². The molecule has 0 fully saturated rings. The summed E-state index contributed by atoms with van der Waals surface area (Å²) in [6.07, 6.45) is 5.25. The highest BCUT2D eigenvalue weighted by Crippen LogP contribution is 2.39. The number of carbonyl (C=O) groups excluding carboxylic acids is 2. The Bertz CT molecular complexity index is 837. The smallest absolute Gasteiger partial charge is 0.250 e. The minimum atomic E-state index is -0.582. The molecule has 0 saturated carbocycles. The minimum absolute atomic E-state index is 0.0365. The van der Waals surface area contributed by atoms with E-state index in [2.05, 4.69) is 11.9 Å². The van der Waals surface area contributed by atoms with Gasteiger partial charge in [0, 0.05) is 5.92 Å². The van der Waals surface area contributed by atoms with Crippen molar-refractivity contribution in [2.75, 3.05) is 5.32 Å². The molecule has 23 heavy (non-hydrogen) atoms. The summed E-state index contributed by atoms with van der Waals surface area (Å²) in [5.74, 6) is -0.998. The summed E-state index contributed by atoms with van der Waals surface area (Å²) in [6.45, 7) is 3.45. The number of carbonyl (C=O) groups is 2. The molecule has 4 heteroatoms. The van der Waals surface area contributed by atoms with Crippen molar-refractivity contribution in [3.8, 4) is 0 Å². The quantitative estimate of drug-likeness (QED) is 0.852. The van der Waals surface area contributed by atoms with Gasteiger partial charge in [-0.25, -0.2) is 0 Å². The Balaban J connectivity index is 2.15. The summed E-state index contributed by atoms with van der Waals surface area (Å²) in [7, 11) is 0. The maximum absolute atomic E-state index is 11.8. The zero-order valence-electron chi connectivity index (χ0n) is 12.5. The standard InChI is InChI=1S/C19H16N2O2/c1-2-17(22)21-18-15(8-5-9-16(18)19(20)23)14-11-10-12-6-3-4-7-13(12)14/h2-11,14H,1H2,(H2,20,23)(H,21,22). The van der Waals surface area contributed by atoms with Crippen molar-refractivity contribution in [3.63, 3.8) is 0 Å². The summed E-state index contributed by atoms with van der Waals surface area (Å²) in [4.78, 5) is 23.5. The lowest BCUT2D eigenvalue weighted by Gasteiger charge is -2.18. The molecule has 114 valence electrons. The van der Waals surface area contributed by atoms with Crippen molar-refractivity contribution in [3.05, 3.63) is 83.4 Å². The van der Waals surface area contributed by atoms with Gasteiger partial charge >= 0.3 is 0 Å². The van der Waals surface area contributed by atoms with Crippen LogP contribution in [0.1, 0.15) is 33.0 Å². The zero-order chi connectivity index (χ0) is 16.4. The van der Waals surface area contributed by atoms with Crippen LogP contribution in [-0.2, 0) is 4.79 Å². The average Bonchev–Trinajstić information content (AvgIpc) is 2.98. The lowest BCUT2D eigenvalue weighted by molar-refractivity contribution is -0.111. The zero-order valence-corrected chi connectivity index (χ0v) is 12.5. The number of amides is 2. The van der Waals surface area contributed by atoms with Crippen molar-refractivity contribution < 1.29 is 9.59 Å². The maximum Gasteiger partial charge on any atom is 0.250 e. The average molecular weight is 304 g/mol. The van der Waals surface area contributed by atoms with E-state index in [0.717, 1.165) is 16.7 Å². The highest BCUT2D eigenvalue weighted by atomic mass is 16.2. The SMILES string of the molecule is C=CC(=O)Nc1c(C(N)=O)cccc1C1C=Cc2ccccc21. The van der Waals surface area contributed by atoms with Gasteiger partial charge in [0.25, 0.3) is 5.91 Å². The van der Waals surface area contributed by atoms with Gasteiger partial charge in [-0.1, -0.05) is 55.1 Å². The molecule has 1 unspecified atom stereocenters. The van der Waals surface area contributed by atoms with E-state index in [1.807, 2.05) is 42.5 Å². The third-order valence-electron chi connectivity index (χ3n) is 3.93. The van der Waals surface area contributed by atoms with E-state index >= 15 is 0 Å². The van der Waals surface area contributed by atoms with Crippen LogP contribution in [0.5, 0.6) is 0 Å². The number of nitrogens with two attached hydrogens (primary N) is 1. The van der Waals surface area contributed by atoms with Crippen molar-refractivity contribution >= 4 is 23.6 Å². The van der Waals surface area contributed by atoms with E-state index in [4.69, 9.17) is 5.73 Å². The second-order valence-corrected chi connectivity index (χ2v) is 5.29. The summed E-state index contributed by atoms with van der Waals surface area (Å²) in [6, 6.07) is 13.3. The molecule has 1 aliphatic rings. The molecule has 0 radical (unpaired) electrons. The molecule has 0 bridgehead atoms. The van der Waals surface area contributed by atoms with Gasteiger partial charge in [-0.2, -0.15) is 0 Å². The van der Waals surface area contributed by atoms with Crippen LogP contribution in [0.4, 0.5) is 5.69 Å². The monoisotopic (exact) mass is 304 g/mol. The van der Waals surface area contributed by atoms with Gasteiger partial charge in [0.05, 0.1) is 11.3 Å². The normalized spacial score (nSPS) is 15.0. The molecule has 0 aliphatic heterocycles. The van der Waals surface area contributed by atoms with Crippen LogP contribution in [0.25, 0.3) is 6.08 Å². The molecule has 1 aliphatic carbocycles. The first-order valence-corrected chi connectivity index (χ1v) is 7.25. The van der Waals surface area contributed by atoms with Gasteiger partial charge < -0.3 is 11.1 Å². The summed E-state index contributed by atoms with van der Waals surface area (Å²) < 4.78 is 0. The fraction of sp³-hybridized carbons (Fsp3) is 0.0526. The third-order valence-corrected chi connectivity index (χ3v) is 3.93. The molecule has 3 rings (SSSR count). The number of fused-ring (bicyclic) bond motifs is 1. The number of anilines is 1. The molecular weight excluding hydrogens is 288 g/mol. The lowest BCUT2D eigenvalue weighted by atomic mass is 9.90. The molecule has 0 spiro atoms. The Labute approximate surface area is 134 Å². The molecule has 4 nitrogen and oxygen atoms in total. The number of hydrogen-bond donors (Lipinski definition) is 2. The highest BCUT2D eigenvalue weighted by molar-refractivity contribution is 6.07. The Hall–Kier alpha value is -3.14. The first-order chi connectivity index (χ1) is 11.1. The molecule has 3 N–H and O–H groups in total. The van der Waals surface area contributed by atoms with Gasteiger partial charge in [-0.3, -0.25) is 9.59 Å².